The predicted octanol–water partition coefficient (Wildman–Crippen LogP) is 1.61. The molecular formula is C8H12O3. The first-order valence-electron chi connectivity index (χ1n) is 3.27. The summed E-state index contributed by atoms with van der Waals surface area (Å²) in [5, 5.41) is 0. The van der Waals surface area contributed by atoms with Crippen molar-refractivity contribution in [1.29, 1.82) is 0 Å². The van der Waals surface area contributed by atoms with Crippen LogP contribution in [0.4, 0.5) is 0 Å². The van der Waals surface area contributed by atoms with Gasteiger partial charge < -0.3 is 9.47 Å². The van der Waals surface area contributed by atoms with E-state index in [1.54, 1.807) is 13.8 Å². The molecule has 11 heavy (non-hydrogen) atoms. The Morgan fingerprint density at radius 3 is 2.36 bits per heavy atom. The first kappa shape index (κ1) is 9.75. The average molecular weight is 156 g/mol. The molecular weight excluding hydrogens is 144 g/mol. The summed E-state index contributed by atoms with van der Waals surface area (Å²) in [5.74, 6) is -0.496. The van der Waals surface area contributed by atoms with Crippen LogP contribution in [0.3, 0.4) is 0 Å². The Hall–Kier alpha value is -1.25. The molecule has 0 N–H and O–H groups in total. The Kier molecular flexibility index (Phi) is 4.03. The van der Waals surface area contributed by atoms with Crippen LogP contribution in [0.1, 0.15) is 13.8 Å². The molecule has 0 saturated carbocycles. The second-order valence-electron chi connectivity index (χ2n) is 1.97. The fraction of sp³-hybridized carbons (Fsp3) is 0.375. The van der Waals surface area contributed by atoms with Crippen LogP contribution in [0.25, 0.3) is 0 Å². The van der Waals surface area contributed by atoms with Gasteiger partial charge in [0.05, 0.1) is 6.61 Å². The zero-order valence-corrected chi connectivity index (χ0v) is 6.85. The van der Waals surface area contributed by atoms with Gasteiger partial charge in [-0.05, 0) is 20.4 Å². The molecule has 0 heterocycles. The van der Waals surface area contributed by atoms with Gasteiger partial charge >= 0.3 is 5.97 Å². The summed E-state index contributed by atoms with van der Waals surface area (Å²) in [4.78, 5) is 10.8. The number of carbonyl (C=O) groups is 1. The van der Waals surface area contributed by atoms with Gasteiger partial charge in [-0.3, -0.25) is 0 Å². The molecule has 0 aliphatic carbocycles. The molecule has 0 aliphatic heterocycles. The molecule has 0 saturated heterocycles. The largest absolute Gasteiger partial charge is 0.466 e. The fourth-order valence-electron chi connectivity index (χ4n) is 0.381. The van der Waals surface area contributed by atoms with Crippen LogP contribution in [0, 0.1) is 0 Å². The summed E-state index contributed by atoms with van der Waals surface area (Å²) in [5.41, 5.74) is 0.325. The third-order valence-electron chi connectivity index (χ3n) is 0.860. The molecule has 3 nitrogen and oxygen atoms in total. The van der Waals surface area contributed by atoms with E-state index in [0.717, 1.165) is 0 Å². The quantitative estimate of drug-likeness (QED) is 0.352. The van der Waals surface area contributed by atoms with Crippen LogP contribution in [-0.4, -0.2) is 12.6 Å². The van der Waals surface area contributed by atoms with Crippen molar-refractivity contribution < 1.29 is 14.3 Å². The summed E-state index contributed by atoms with van der Waals surface area (Å²) < 4.78 is 9.38. The van der Waals surface area contributed by atoms with Crippen molar-refractivity contribution in [2.75, 3.05) is 6.61 Å². The Morgan fingerprint density at radius 1 is 1.45 bits per heavy atom. The van der Waals surface area contributed by atoms with E-state index in [-0.39, 0.29) is 5.95 Å². The third-order valence-corrected chi connectivity index (χ3v) is 0.860. The minimum Gasteiger partial charge on any atom is -0.466 e. The molecule has 0 aliphatic rings. The van der Waals surface area contributed by atoms with Crippen LogP contribution in [0.5, 0.6) is 0 Å². The monoisotopic (exact) mass is 156 g/mol. The van der Waals surface area contributed by atoms with Gasteiger partial charge in [0, 0.05) is 5.57 Å². The zero-order valence-electron chi connectivity index (χ0n) is 6.85. The number of rotatable bonds is 4. The van der Waals surface area contributed by atoms with E-state index in [4.69, 9.17) is 4.74 Å². The van der Waals surface area contributed by atoms with Gasteiger partial charge in [-0.1, -0.05) is 6.58 Å². The standard InChI is InChI=1S/C8H12O3/c1-5-10-7(4)11-8(9)6(2)3/h2,4-5H2,1,3H3. The van der Waals surface area contributed by atoms with Gasteiger partial charge in [-0.2, -0.15) is 0 Å². The van der Waals surface area contributed by atoms with Gasteiger partial charge in [-0.25, -0.2) is 4.79 Å². The van der Waals surface area contributed by atoms with Crippen LogP contribution in [0.2, 0.25) is 0 Å². The van der Waals surface area contributed by atoms with Crippen molar-refractivity contribution in [1.82, 2.24) is 0 Å². The molecule has 0 radical (unpaired) electrons. The Balaban J connectivity index is 3.76. The third kappa shape index (κ3) is 4.19. The fourth-order valence-corrected chi connectivity index (χ4v) is 0.381. The smallest absolute Gasteiger partial charge is 0.340 e. The van der Waals surface area contributed by atoms with E-state index in [1.165, 1.54) is 0 Å². The van der Waals surface area contributed by atoms with E-state index in [9.17, 15) is 4.79 Å². The lowest BCUT2D eigenvalue weighted by atomic mass is 10.4. The second-order valence-corrected chi connectivity index (χ2v) is 1.97. The highest BCUT2D eigenvalue weighted by Crippen LogP contribution is 2.00. The average Bonchev–Trinajstić information content (AvgIpc) is 1.87. The number of hydrogen-bond acceptors (Lipinski definition) is 3. The normalized spacial score (nSPS) is 8.55. The molecule has 62 valence electrons. The minimum atomic E-state index is -0.511. The van der Waals surface area contributed by atoms with Gasteiger partial charge in [0.25, 0.3) is 5.95 Å². The van der Waals surface area contributed by atoms with E-state index in [1.807, 2.05) is 0 Å². The van der Waals surface area contributed by atoms with Gasteiger partial charge in [0.2, 0.25) is 0 Å². The van der Waals surface area contributed by atoms with E-state index in [2.05, 4.69) is 17.9 Å². The Labute approximate surface area is 66.3 Å². The van der Waals surface area contributed by atoms with Crippen LogP contribution < -0.4 is 0 Å². The number of ether oxygens (including phenoxy) is 2. The topological polar surface area (TPSA) is 35.5 Å². The first-order chi connectivity index (χ1) is 5.07. The highest BCUT2D eigenvalue weighted by atomic mass is 16.7. The maximum Gasteiger partial charge on any atom is 0.340 e. The molecule has 0 unspecified atom stereocenters. The Bertz CT molecular complexity index is 182. The van der Waals surface area contributed by atoms with Crippen molar-refractivity contribution in [2.45, 2.75) is 13.8 Å². The number of hydrogen-bond donors (Lipinski definition) is 0. The molecule has 0 aromatic rings. The van der Waals surface area contributed by atoms with Crippen molar-refractivity contribution in [3.8, 4) is 0 Å². The highest BCUT2D eigenvalue weighted by Gasteiger charge is 2.05. The van der Waals surface area contributed by atoms with Crippen LogP contribution >= 0.6 is 0 Å². The van der Waals surface area contributed by atoms with Crippen molar-refractivity contribution in [2.24, 2.45) is 0 Å². The SMILES string of the molecule is C=C(OCC)OC(=O)C(=C)C. The maximum absolute atomic E-state index is 10.8. The lowest BCUT2D eigenvalue weighted by Crippen LogP contribution is -2.06. The summed E-state index contributed by atoms with van der Waals surface area (Å²) >= 11 is 0. The molecule has 0 aromatic heterocycles. The van der Waals surface area contributed by atoms with Crippen molar-refractivity contribution in [3.63, 3.8) is 0 Å². The van der Waals surface area contributed by atoms with Crippen LogP contribution in [0.15, 0.2) is 24.7 Å². The maximum atomic E-state index is 10.8. The molecule has 3 heteroatoms. The molecule has 0 amide bonds. The summed E-state index contributed by atoms with van der Waals surface area (Å²) in [6.45, 7) is 10.5. The lowest BCUT2D eigenvalue weighted by Gasteiger charge is -2.05. The summed E-state index contributed by atoms with van der Waals surface area (Å²) in [6.07, 6.45) is 0. The summed E-state index contributed by atoms with van der Waals surface area (Å²) in [7, 11) is 0. The van der Waals surface area contributed by atoms with Crippen molar-refractivity contribution >= 4 is 5.97 Å². The van der Waals surface area contributed by atoms with Crippen LogP contribution in [-0.2, 0) is 14.3 Å². The predicted molar refractivity (Wildman–Crippen MR) is 41.7 cm³/mol. The summed E-state index contributed by atoms with van der Waals surface area (Å²) in [6, 6.07) is 0. The second kappa shape index (κ2) is 4.55. The lowest BCUT2D eigenvalue weighted by molar-refractivity contribution is -0.140. The minimum absolute atomic E-state index is 0.0144. The molecule has 0 atom stereocenters. The Morgan fingerprint density at radius 2 is 2.00 bits per heavy atom. The first-order valence-corrected chi connectivity index (χ1v) is 3.27. The van der Waals surface area contributed by atoms with Gasteiger partial charge in [-0.15, -0.1) is 0 Å². The molecule has 0 spiro atoms. The molecule has 0 fully saturated rings. The van der Waals surface area contributed by atoms with Gasteiger partial charge in [0.1, 0.15) is 0 Å². The van der Waals surface area contributed by atoms with E-state index in [0.29, 0.717) is 12.2 Å². The highest BCUT2D eigenvalue weighted by molar-refractivity contribution is 5.87. The zero-order chi connectivity index (χ0) is 8.85. The van der Waals surface area contributed by atoms with E-state index < -0.39 is 5.97 Å². The van der Waals surface area contributed by atoms with E-state index >= 15 is 0 Å². The number of esters is 1. The molecule has 0 bridgehead atoms. The van der Waals surface area contributed by atoms with Gasteiger partial charge in [0.15, 0.2) is 0 Å². The molecule has 0 aromatic carbocycles. The number of carbonyl (C=O) groups excluding carboxylic acids is 1. The molecule has 0 rings (SSSR count). The van der Waals surface area contributed by atoms with Crippen molar-refractivity contribution in [3.05, 3.63) is 24.7 Å².